The zero-order chi connectivity index (χ0) is 52.7. The second kappa shape index (κ2) is 17.2. The quantitative estimate of drug-likeness (QED) is 0.0808. The Balaban J connectivity index is 1.46. The third-order valence-corrected chi connectivity index (χ3v) is 12.8. The lowest BCUT2D eigenvalue weighted by Crippen LogP contribution is -2.54. The lowest BCUT2D eigenvalue weighted by atomic mass is 9.66. The van der Waals surface area contributed by atoms with Gasteiger partial charge in [-0.2, -0.15) is 65.9 Å². The van der Waals surface area contributed by atoms with Gasteiger partial charge >= 0.3 is 30.9 Å². The van der Waals surface area contributed by atoms with E-state index in [1.165, 1.54) is 61.6 Å². The largest absolute Gasteiger partial charge is 0.430 e. The average Bonchev–Trinajstić information content (AvgIpc) is 3.58. The van der Waals surface area contributed by atoms with Crippen LogP contribution in [0.3, 0.4) is 0 Å². The highest BCUT2D eigenvalue weighted by Crippen LogP contribution is 2.60. The number of fused-ring (bicyclic) bond motifs is 3. The van der Waals surface area contributed by atoms with E-state index in [1.807, 2.05) is 0 Å². The molecule has 0 fully saturated rings. The summed E-state index contributed by atoms with van der Waals surface area (Å²) in [6.07, 6.45) is -31.0. The number of nitrogens with one attached hydrogen (secondary N) is 2. The van der Waals surface area contributed by atoms with Gasteiger partial charge in [0, 0.05) is 40.7 Å². The first kappa shape index (κ1) is 52.0. The van der Waals surface area contributed by atoms with Crippen LogP contribution in [0.4, 0.5) is 77.2 Å². The number of benzene rings is 6. The summed E-state index contributed by atoms with van der Waals surface area (Å²) in [4.78, 5) is 25.5. The van der Waals surface area contributed by atoms with E-state index in [-0.39, 0.29) is 46.1 Å². The highest BCUT2D eigenvalue weighted by molar-refractivity contribution is 6.05. The Hall–Kier alpha value is -6.87. The summed E-state index contributed by atoms with van der Waals surface area (Å²) in [7, 11) is 1.22. The fraction of sp³-hybridized carbons (Fsp3) is 0.240. The van der Waals surface area contributed by atoms with Gasteiger partial charge in [0.1, 0.15) is 0 Å². The highest BCUT2D eigenvalue weighted by Gasteiger charge is 2.73. The molecule has 6 aromatic rings. The van der Waals surface area contributed by atoms with Crippen molar-refractivity contribution in [3.05, 3.63) is 189 Å². The summed E-state index contributed by atoms with van der Waals surface area (Å²) in [5, 5.41) is 26.4. The third-order valence-electron chi connectivity index (χ3n) is 12.8. The number of amides is 1. The molecule has 0 saturated heterocycles. The molecule has 374 valence electrons. The van der Waals surface area contributed by atoms with Crippen molar-refractivity contribution in [2.45, 2.75) is 66.8 Å². The zero-order valence-electron chi connectivity index (χ0n) is 36.6. The number of carbonyl (C=O) groups excluding carboxylic acids is 2. The summed E-state index contributed by atoms with van der Waals surface area (Å²) >= 11 is 0. The summed E-state index contributed by atoms with van der Waals surface area (Å²) in [6.45, 7) is 1.43. The number of hydrogen-bond acceptors (Lipinski definition) is 5. The molecular formula is C50H35F15N2O4. The summed E-state index contributed by atoms with van der Waals surface area (Å²) < 4.78 is 223. The van der Waals surface area contributed by atoms with E-state index in [0.717, 1.165) is 37.3 Å². The van der Waals surface area contributed by atoms with Crippen LogP contribution in [0.5, 0.6) is 0 Å². The van der Waals surface area contributed by atoms with E-state index in [2.05, 4.69) is 5.32 Å². The topological polar surface area (TPSA) is 98.7 Å². The highest BCUT2D eigenvalue weighted by atomic mass is 19.4. The van der Waals surface area contributed by atoms with Crippen LogP contribution >= 0.6 is 0 Å². The maximum absolute atomic E-state index is 15.0. The maximum atomic E-state index is 15.0. The normalized spacial score (nSPS) is 15.1. The SMILES string of the molecule is CNc1ccc(C2(c3ccc(NC(=O)c4ccc(C(c5ccc(C(C)=O)cc5)(C(F)(F)F)C(F)(F)F)cc4)c(C(O)(C(F)(F)F)C(F)(F)F)c3)c3ccccc3-c3ccccc32)cc1C(C)(O)C(F)(F)F. The van der Waals surface area contributed by atoms with Gasteiger partial charge in [-0.05, 0) is 94.8 Å². The van der Waals surface area contributed by atoms with Crippen LogP contribution in [0.25, 0.3) is 11.1 Å². The predicted molar refractivity (Wildman–Crippen MR) is 229 cm³/mol. The molecule has 0 radical (unpaired) electrons. The maximum Gasteiger partial charge on any atom is 0.430 e. The Kier molecular flexibility index (Phi) is 12.6. The number of rotatable bonds is 10. The molecule has 0 spiro atoms. The summed E-state index contributed by atoms with van der Waals surface area (Å²) in [5.74, 6) is -2.39. The number of hydrogen-bond donors (Lipinski definition) is 4. The standard InChI is InChI=1S/C50H35F15N2O4/c1-26(68)27-12-16-29(17-13-27)44(47(54,55)56,48(57,58)59)30-18-14-28(15-19-30)41(69)67-40-23-21-32(25-38(40)45(71,49(60,61)62)50(63,64)65)43(35-10-6-4-8-33(35)34-9-5-7-11-36(34)43)31-20-22-39(66-3)37(24-31)42(2,70)46(51,52)53/h4-25,66,70-71H,1-3H3,(H,67,69). The Morgan fingerprint density at radius 2 is 0.901 bits per heavy atom. The van der Waals surface area contributed by atoms with Crippen LogP contribution in [0.15, 0.2) is 133 Å². The molecule has 1 aliphatic carbocycles. The molecule has 1 atom stereocenters. The minimum atomic E-state index is -6.67. The minimum absolute atomic E-state index is 0.0879. The van der Waals surface area contributed by atoms with Crippen molar-refractivity contribution in [2.75, 3.05) is 17.7 Å². The molecule has 21 heteroatoms. The van der Waals surface area contributed by atoms with Crippen molar-refractivity contribution in [3.8, 4) is 11.1 Å². The Labute approximate surface area is 392 Å². The van der Waals surface area contributed by atoms with Crippen molar-refractivity contribution >= 4 is 23.1 Å². The van der Waals surface area contributed by atoms with E-state index < -0.39 is 104 Å². The van der Waals surface area contributed by atoms with E-state index in [4.69, 9.17) is 0 Å². The first-order chi connectivity index (χ1) is 32.7. The molecule has 1 unspecified atom stereocenters. The lowest BCUT2D eigenvalue weighted by Gasteiger charge is -2.38. The number of halogens is 15. The predicted octanol–water partition coefficient (Wildman–Crippen LogP) is 13.0. The Morgan fingerprint density at radius 1 is 0.493 bits per heavy atom. The average molecular weight is 1010 g/mol. The van der Waals surface area contributed by atoms with E-state index >= 15 is 26.3 Å². The zero-order valence-corrected chi connectivity index (χ0v) is 36.6. The van der Waals surface area contributed by atoms with Crippen molar-refractivity contribution in [2.24, 2.45) is 0 Å². The van der Waals surface area contributed by atoms with Crippen LogP contribution in [0.2, 0.25) is 0 Å². The van der Waals surface area contributed by atoms with Crippen LogP contribution < -0.4 is 10.6 Å². The van der Waals surface area contributed by atoms with Gasteiger partial charge in [-0.25, -0.2) is 0 Å². The molecule has 7 rings (SSSR count). The van der Waals surface area contributed by atoms with Gasteiger partial charge in [-0.3, -0.25) is 9.59 Å². The Bertz CT molecular complexity index is 2950. The van der Waals surface area contributed by atoms with Gasteiger partial charge < -0.3 is 20.8 Å². The molecular weight excluding hydrogens is 978 g/mol. The van der Waals surface area contributed by atoms with Gasteiger partial charge in [0.05, 0.1) is 5.41 Å². The van der Waals surface area contributed by atoms with Crippen molar-refractivity contribution < 1.29 is 85.7 Å². The lowest BCUT2D eigenvalue weighted by molar-refractivity contribution is -0.376. The van der Waals surface area contributed by atoms with Crippen molar-refractivity contribution in [1.29, 1.82) is 0 Å². The first-order valence-corrected chi connectivity index (χ1v) is 20.7. The molecule has 71 heavy (non-hydrogen) atoms. The molecule has 1 amide bonds. The minimum Gasteiger partial charge on any atom is -0.388 e. The fourth-order valence-electron chi connectivity index (χ4n) is 9.23. The molecule has 6 aromatic carbocycles. The van der Waals surface area contributed by atoms with Gasteiger partial charge in [0.15, 0.2) is 11.4 Å². The van der Waals surface area contributed by atoms with E-state index in [1.54, 1.807) is 5.32 Å². The van der Waals surface area contributed by atoms with Gasteiger partial charge in [0.25, 0.3) is 11.5 Å². The number of alkyl halides is 15. The van der Waals surface area contributed by atoms with Crippen LogP contribution in [0, 0.1) is 0 Å². The molecule has 1 aliphatic rings. The fourth-order valence-corrected chi connectivity index (χ4v) is 9.23. The summed E-state index contributed by atoms with van der Waals surface area (Å²) in [5.41, 5.74) is -25.3. The van der Waals surface area contributed by atoms with E-state index in [9.17, 15) is 59.3 Å². The molecule has 0 saturated carbocycles. The monoisotopic (exact) mass is 1010 g/mol. The number of ketones is 1. The first-order valence-electron chi connectivity index (χ1n) is 20.7. The Morgan fingerprint density at radius 3 is 1.30 bits per heavy atom. The number of aliphatic hydroxyl groups is 2. The van der Waals surface area contributed by atoms with Crippen molar-refractivity contribution in [3.63, 3.8) is 0 Å². The van der Waals surface area contributed by atoms with Crippen LogP contribution in [0.1, 0.15) is 79.1 Å². The van der Waals surface area contributed by atoms with E-state index in [0.29, 0.717) is 48.4 Å². The molecule has 0 aliphatic heterocycles. The molecule has 0 heterocycles. The van der Waals surface area contributed by atoms with Gasteiger partial charge in [0.2, 0.25) is 5.41 Å². The number of Topliss-reactive ketones (excluding diaryl/α,β-unsaturated/α-hetero) is 1. The molecule has 6 nitrogen and oxygen atoms in total. The van der Waals surface area contributed by atoms with Crippen LogP contribution in [-0.4, -0.2) is 59.8 Å². The number of anilines is 2. The molecule has 0 bridgehead atoms. The summed E-state index contributed by atoms with van der Waals surface area (Å²) in [6, 6.07) is 20.0. The smallest absolute Gasteiger partial charge is 0.388 e. The third kappa shape index (κ3) is 7.96. The van der Waals surface area contributed by atoms with Gasteiger partial charge in [-0.1, -0.05) is 97.1 Å². The molecule has 4 N–H and O–H groups in total. The van der Waals surface area contributed by atoms with Gasteiger partial charge in [-0.15, -0.1) is 0 Å². The molecule has 0 aromatic heterocycles. The second-order valence-electron chi connectivity index (χ2n) is 16.8. The van der Waals surface area contributed by atoms with Crippen LogP contribution in [-0.2, 0) is 22.0 Å². The number of carbonyl (C=O) groups is 2. The van der Waals surface area contributed by atoms with Crippen molar-refractivity contribution in [1.82, 2.24) is 0 Å². The second-order valence-corrected chi connectivity index (χ2v) is 16.8.